The molecule has 5 aromatic rings. The molecular weight excluding hydrogens is 442 g/mol. The molecule has 176 valence electrons. The van der Waals surface area contributed by atoms with Crippen LogP contribution in [0.3, 0.4) is 0 Å². The number of nitrogens with one attached hydrogen (secondary N) is 1. The van der Waals surface area contributed by atoms with Crippen molar-refractivity contribution < 1.29 is 9.21 Å². The van der Waals surface area contributed by atoms with E-state index in [1.807, 2.05) is 66.6 Å². The first kappa shape index (κ1) is 21.3. The third-order valence-electron chi connectivity index (χ3n) is 6.36. The van der Waals surface area contributed by atoms with Gasteiger partial charge in [0.1, 0.15) is 23.4 Å². The van der Waals surface area contributed by atoms with Crippen molar-refractivity contribution in [3.05, 3.63) is 72.3 Å². The van der Waals surface area contributed by atoms with Crippen LogP contribution in [-0.4, -0.2) is 35.2 Å². The largest absolute Gasteiger partial charge is 0.451 e. The molecule has 6 rings (SSSR count). The molecule has 0 radical (unpaired) electrons. The number of furan rings is 1. The van der Waals surface area contributed by atoms with Crippen LogP contribution in [0.1, 0.15) is 60.5 Å². The van der Waals surface area contributed by atoms with Crippen molar-refractivity contribution in [1.29, 1.82) is 0 Å². The van der Waals surface area contributed by atoms with E-state index in [1.165, 1.54) is 12.8 Å². The SMILES string of the molecule is Cc1c(C(=O)Nc2cccc(-c3nncn3C(C)C)n2)oc2cccc(-n3cnc(C4CC4)c3)c12. The van der Waals surface area contributed by atoms with Crippen LogP contribution in [0, 0.1) is 6.92 Å². The summed E-state index contributed by atoms with van der Waals surface area (Å²) in [5.41, 5.74) is 4.10. The van der Waals surface area contributed by atoms with E-state index in [0.29, 0.717) is 28.8 Å². The second-order valence-corrected chi connectivity index (χ2v) is 9.20. The molecule has 0 unspecified atom stereocenters. The maximum atomic E-state index is 13.2. The maximum Gasteiger partial charge on any atom is 0.292 e. The molecule has 0 bridgehead atoms. The van der Waals surface area contributed by atoms with E-state index in [9.17, 15) is 4.79 Å². The number of aromatic nitrogens is 6. The van der Waals surface area contributed by atoms with Gasteiger partial charge in [-0.25, -0.2) is 9.97 Å². The highest BCUT2D eigenvalue weighted by Gasteiger charge is 2.26. The van der Waals surface area contributed by atoms with Gasteiger partial charge in [-0.15, -0.1) is 10.2 Å². The molecule has 0 spiro atoms. The third kappa shape index (κ3) is 3.78. The predicted molar refractivity (Wildman–Crippen MR) is 132 cm³/mol. The number of carbonyl (C=O) groups excluding carboxylic acids is 1. The van der Waals surface area contributed by atoms with E-state index in [1.54, 1.807) is 12.4 Å². The predicted octanol–water partition coefficient (Wildman–Crippen LogP) is 5.29. The van der Waals surface area contributed by atoms with E-state index >= 15 is 0 Å². The van der Waals surface area contributed by atoms with Crippen LogP contribution < -0.4 is 5.32 Å². The molecule has 1 N–H and O–H groups in total. The lowest BCUT2D eigenvalue weighted by Gasteiger charge is -2.10. The highest BCUT2D eigenvalue weighted by atomic mass is 16.3. The fraction of sp³-hybridized carbons (Fsp3) is 0.269. The van der Waals surface area contributed by atoms with Crippen LogP contribution in [0.25, 0.3) is 28.2 Å². The highest BCUT2D eigenvalue weighted by Crippen LogP contribution is 2.39. The second kappa shape index (κ2) is 8.19. The molecule has 1 aliphatic carbocycles. The van der Waals surface area contributed by atoms with E-state index in [-0.39, 0.29) is 17.7 Å². The zero-order valence-corrected chi connectivity index (χ0v) is 19.8. The zero-order valence-electron chi connectivity index (χ0n) is 19.8. The number of pyridine rings is 1. The molecule has 4 aromatic heterocycles. The fourth-order valence-corrected chi connectivity index (χ4v) is 4.38. The zero-order chi connectivity index (χ0) is 24.1. The first-order valence-corrected chi connectivity index (χ1v) is 11.7. The summed E-state index contributed by atoms with van der Waals surface area (Å²) >= 11 is 0. The third-order valence-corrected chi connectivity index (χ3v) is 6.36. The normalized spacial score (nSPS) is 13.6. The average molecular weight is 468 g/mol. The van der Waals surface area contributed by atoms with Gasteiger partial charge in [-0.2, -0.15) is 0 Å². The molecule has 1 saturated carbocycles. The number of fused-ring (bicyclic) bond motifs is 1. The molecule has 9 nitrogen and oxygen atoms in total. The number of nitrogens with zero attached hydrogens (tertiary/aromatic N) is 6. The smallest absolute Gasteiger partial charge is 0.292 e. The number of carbonyl (C=O) groups is 1. The summed E-state index contributed by atoms with van der Waals surface area (Å²) in [5, 5.41) is 12.0. The Morgan fingerprint density at radius 2 is 1.97 bits per heavy atom. The number of amides is 1. The topological polar surface area (TPSA) is 104 Å². The van der Waals surface area contributed by atoms with Gasteiger partial charge in [-0.3, -0.25) is 4.79 Å². The number of hydrogen-bond donors (Lipinski definition) is 1. The monoisotopic (exact) mass is 467 g/mol. The van der Waals surface area contributed by atoms with Gasteiger partial charge < -0.3 is 18.9 Å². The number of anilines is 1. The molecule has 0 aliphatic heterocycles. The van der Waals surface area contributed by atoms with Gasteiger partial charge in [0.25, 0.3) is 5.91 Å². The van der Waals surface area contributed by atoms with Crippen LogP contribution >= 0.6 is 0 Å². The van der Waals surface area contributed by atoms with Crippen molar-refractivity contribution in [2.24, 2.45) is 0 Å². The Morgan fingerprint density at radius 3 is 2.77 bits per heavy atom. The summed E-state index contributed by atoms with van der Waals surface area (Å²) < 4.78 is 9.96. The number of aryl methyl sites for hydroxylation is 1. The lowest BCUT2D eigenvalue weighted by Crippen LogP contribution is -2.13. The van der Waals surface area contributed by atoms with Crippen LogP contribution in [0.4, 0.5) is 5.82 Å². The minimum Gasteiger partial charge on any atom is -0.451 e. The molecule has 0 atom stereocenters. The van der Waals surface area contributed by atoms with Gasteiger partial charge in [0, 0.05) is 29.1 Å². The Bertz CT molecular complexity index is 1550. The van der Waals surface area contributed by atoms with E-state index in [4.69, 9.17) is 4.42 Å². The van der Waals surface area contributed by atoms with Crippen molar-refractivity contribution in [1.82, 2.24) is 29.3 Å². The Labute approximate surface area is 201 Å². The standard InChI is InChI=1S/C26H25N7O2/c1-15(2)33-14-28-31-25(33)18-6-4-9-22(29-18)30-26(34)24-16(3)23-20(7-5-8-21(23)35-24)32-12-19(27-13-32)17-10-11-17/h4-9,12-15,17H,10-11H2,1-3H3,(H,29,30,34). The van der Waals surface area contributed by atoms with Gasteiger partial charge in [-0.05, 0) is 57.9 Å². The molecule has 1 fully saturated rings. The highest BCUT2D eigenvalue weighted by molar-refractivity contribution is 6.07. The van der Waals surface area contributed by atoms with Gasteiger partial charge in [0.05, 0.1) is 17.7 Å². The van der Waals surface area contributed by atoms with Crippen molar-refractivity contribution in [3.8, 4) is 17.2 Å². The summed E-state index contributed by atoms with van der Waals surface area (Å²) in [6, 6.07) is 11.4. The minimum atomic E-state index is -0.357. The Kier molecular flexibility index (Phi) is 4.98. The maximum absolute atomic E-state index is 13.2. The van der Waals surface area contributed by atoms with Crippen molar-refractivity contribution in [2.75, 3.05) is 5.32 Å². The van der Waals surface area contributed by atoms with Crippen LogP contribution in [0.15, 0.2) is 59.7 Å². The fourth-order valence-electron chi connectivity index (χ4n) is 4.38. The summed E-state index contributed by atoms with van der Waals surface area (Å²) in [4.78, 5) is 22.4. The lowest BCUT2D eigenvalue weighted by atomic mass is 10.1. The second-order valence-electron chi connectivity index (χ2n) is 9.20. The molecule has 9 heteroatoms. The molecule has 4 heterocycles. The lowest BCUT2D eigenvalue weighted by molar-refractivity contribution is 0.0997. The van der Waals surface area contributed by atoms with Crippen LogP contribution in [-0.2, 0) is 0 Å². The molecule has 1 aromatic carbocycles. The van der Waals surface area contributed by atoms with Crippen molar-refractivity contribution in [2.45, 2.75) is 45.6 Å². The molecular formula is C26H25N7O2. The summed E-state index contributed by atoms with van der Waals surface area (Å²) in [5.74, 6) is 1.53. The molecule has 35 heavy (non-hydrogen) atoms. The number of hydrogen-bond acceptors (Lipinski definition) is 6. The van der Waals surface area contributed by atoms with Crippen molar-refractivity contribution in [3.63, 3.8) is 0 Å². The minimum absolute atomic E-state index is 0.184. The van der Waals surface area contributed by atoms with Gasteiger partial charge in [-0.1, -0.05) is 12.1 Å². The summed E-state index contributed by atoms with van der Waals surface area (Å²) in [6.07, 6.45) is 7.97. The van der Waals surface area contributed by atoms with Crippen LogP contribution in [0.2, 0.25) is 0 Å². The number of rotatable bonds is 6. The summed E-state index contributed by atoms with van der Waals surface area (Å²) in [6.45, 7) is 6.00. The summed E-state index contributed by atoms with van der Waals surface area (Å²) in [7, 11) is 0. The van der Waals surface area contributed by atoms with Gasteiger partial charge >= 0.3 is 0 Å². The first-order chi connectivity index (χ1) is 17.0. The number of benzene rings is 1. The quantitative estimate of drug-likeness (QED) is 0.364. The molecule has 1 amide bonds. The Morgan fingerprint density at radius 1 is 1.14 bits per heavy atom. The van der Waals surface area contributed by atoms with Crippen molar-refractivity contribution >= 4 is 22.7 Å². The first-order valence-electron chi connectivity index (χ1n) is 11.7. The number of imidazole rings is 1. The Hall–Kier alpha value is -4.27. The van der Waals surface area contributed by atoms with E-state index in [0.717, 1.165) is 22.3 Å². The van der Waals surface area contributed by atoms with Crippen LogP contribution in [0.5, 0.6) is 0 Å². The Balaban J connectivity index is 1.32. The van der Waals surface area contributed by atoms with Gasteiger partial charge in [0.2, 0.25) is 0 Å². The van der Waals surface area contributed by atoms with Gasteiger partial charge in [0.15, 0.2) is 11.6 Å². The molecule has 0 saturated heterocycles. The van der Waals surface area contributed by atoms with E-state index < -0.39 is 0 Å². The average Bonchev–Trinajstić information content (AvgIpc) is 3.25. The molecule has 1 aliphatic rings. The van der Waals surface area contributed by atoms with E-state index in [2.05, 4.69) is 31.7 Å².